The molecule has 31 heavy (non-hydrogen) atoms. The van der Waals surface area contributed by atoms with Crippen LogP contribution in [0.4, 0.5) is 9.59 Å². The van der Waals surface area contributed by atoms with Crippen molar-refractivity contribution in [2.24, 2.45) is 0 Å². The van der Waals surface area contributed by atoms with Crippen LogP contribution in [0.1, 0.15) is 26.7 Å². The minimum atomic E-state index is -0.702. The summed E-state index contributed by atoms with van der Waals surface area (Å²) in [5.41, 5.74) is -0.113. The first kappa shape index (κ1) is 28.2. The smallest absolute Gasteiger partial charge is 0.407 e. The molecule has 0 aromatic heterocycles. The van der Waals surface area contributed by atoms with E-state index in [0.717, 1.165) is 0 Å². The Labute approximate surface area is 182 Å². The van der Waals surface area contributed by atoms with Crippen LogP contribution in [0.3, 0.4) is 0 Å². The minimum absolute atomic E-state index is 0.0173. The molecule has 0 aromatic carbocycles. The van der Waals surface area contributed by atoms with Crippen LogP contribution in [0.2, 0.25) is 0 Å². The number of hydrogen-bond donors (Lipinski definition) is 2. The number of hydrogen-bond acceptors (Lipinski definition) is 10. The van der Waals surface area contributed by atoms with Crippen molar-refractivity contribution in [2.75, 3.05) is 59.2 Å². The monoisotopic (exact) mass is 445 g/mol. The summed E-state index contributed by atoms with van der Waals surface area (Å²) in [7, 11) is 1.41. The summed E-state index contributed by atoms with van der Waals surface area (Å²) in [6.45, 7) is 4.03. The molecule has 0 rings (SSSR count). The average Bonchev–Trinajstić information content (AvgIpc) is 2.72. The number of carbonyl (C=O) groups is 5. The van der Waals surface area contributed by atoms with Crippen LogP contribution in [-0.4, -0.2) is 102 Å². The van der Waals surface area contributed by atoms with E-state index < -0.39 is 24.1 Å². The number of nitrogens with zero attached hydrogens (tertiary/aromatic N) is 1. The lowest BCUT2D eigenvalue weighted by atomic mass is 10.0. The number of rotatable bonds is 16. The van der Waals surface area contributed by atoms with Crippen molar-refractivity contribution >= 4 is 37.7 Å². The molecule has 0 bridgehead atoms. The maximum Gasteiger partial charge on any atom is 0.407 e. The molecule has 0 unspecified atom stereocenters. The Bertz CT molecular complexity index is 548. The Balaban J connectivity index is 4.11. The van der Waals surface area contributed by atoms with E-state index in [4.69, 9.17) is 18.9 Å². The topological polar surface area (TPSA) is 150 Å². The van der Waals surface area contributed by atoms with Crippen LogP contribution in [-0.2, 0) is 33.3 Å². The van der Waals surface area contributed by atoms with Gasteiger partial charge in [-0.2, -0.15) is 0 Å². The molecule has 0 aromatic rings. The highest BCUT2D eigenvalue weighted by molar-refractivity contribution is 6.58. The van der Waals surface area contributed by atoms with Crippen molar-refractivity contribution in [1.82, 2.24) is 15.5 Å². The van der Waals surface area contributed by atoms with Crippen LogP contribution >= 0.6 is 0 Å². The Hall–Kier alpha value is -2.83. The van der Waals surface area contributed by atoms with E-state index in [-0.39, 0.29) is 64.8 Å². The number of amides is 2. The molecule has 0 aliphatic rings. The van der Waals surface area contributed by atoms with Gasteiger partial charge in [0.25, 0.3) is 0 Å². The van der Waals surface area contributed by atoms with E-state index in [9.17, 15) is 24.0 Å². The number of esters is 2. The van der Waals surface area contributed by atoms with Crippen LogP contribution < -0.4 is 10.6 Å². The second-order valence-electron chi connectivity index (χ2n) is 6.40. The highest BCUT2D eigenvalue weighted by Crippen LogP contribution is 1.92. The molecule has 0 saturated heterocycles. The van der Waals surface area contributed by atoms with E-state index >= 15 is 0 Å². The van der Waals surface area contributed by atoms with Crippen molar-refractivity contribution in [3.8, 4) is 0 Å². The quantitative estimate of drug-likeness (QED) is 0.169. The van der Waals surface area contributed by atoms with Gasteiger partial charge in [0.2, 0.25) is 0 Å². The van der Waals surface area contributed by atoms with Gasteiger partial charge < -0.3 is 34.4 Å². The van der Waals surface area contributed by atoms with E-state index in [1.165, 1.54) is 7.85 Å². The molecule has 0 saturated carbocycles. The molecule has 176 valence electrons. The summed E-state index contributed by atoms with van der Waals surface area (Å²) in [6.07, 6.45) is -0.0682. The number of ether oxygens (including phenoxy) is 4. The Kier molecular flexibility index (Phi) is 16.3. The van der Waals surface area contributed by atoms with Crippen molar-refractivity contribution in [3.63, 3.8) is 0 Å². The summed E-state index contributed by atoms with van der Waals surface area (Å²) in [6, 6.07) is 0. The van der Waals surface area contributed by atoms with Gasteiger partial charge in [-0.25, -0.2) is 9.59 Å². The lowest BCUT2D eigenvalue weighted by Gasteiger charge is -2.20. The minimum Gasteiger partial charge on any atom is -0.463 e. The maximum absolute atomic E-state index is 11.6. The molecule has 0 radical (unpaired) electrons. The van der Waals surface area contributed by atoms with Crippen molar-refractivity contribution in [3.05, 3.63) is 0 Å². The summed E-state index contributed by atoms with van der Waals surface area (Å²) in [5, 5.41) is 4.53. The first-order valence-electron chi connectivity index (χ1n) is 10.1. The SMILES string of the molecule is BC(=O)CN(CCOC(=O)CNC(=O)OCCC)CCOC(=O)CNC(=O)OCCC. The predicted molar refractivity (Wildman–Crippen MR) is 111 cm³/mol. The summed E-state index contributed by atoms with van der Waals surface area (Å²) < 4.78 is 19.5. The van der Waals surface area contributed by atoms with Crippen LogP contribution in [0.5, 0.6) is 0 Å². The van der Waals surface area contributed by atoms with Crippen LogP contribution in [0.15, 0.2) is 0 Å². The molecule has 0 heterocycles. The van der Waals surface area contributed by atoms with Crippen LogP contribution in [0.25, 0.3) is 0 Å². The molecule has 12 nitrogen and oxygen atoms in total. The normalized spacial score (nSPS) is 10.2. The first-order valence-corrected chi connectivity index (χ1v) is 10.1. The Morgan fingerprint density at radius 2 is 1.13 bits per heavy atom. The highest BCUT2D eigenvalue weighted by atomic mass is 16.6. The molecule has 0 aliphatic heterocycles. The fourth-order valence-corrected chi connectivity index (χ4v) is 2.04. The van der Waals surface area contributed by atoms with Crippen molar-refractivity contribution in [2.45, 2.75) is 26.7 Å². The Morgan fingerprint density at radius 1 is 0.710 bits per heavy atom. The summed E-state index contributed by atoms with van der Waals surface area (Å²) in [5.74, 6) is -1.30. The zero-order valence-corrected chi connectivity index (χ0v) is 18.4. The second kappa shape index (κ2) is 18.0. The van der Waals surface area contributed by atoms with Gasteiger partial charge in [-0.05, 0) is 12.8 Å². The van der Waals surface area contributed by atoms with E-state index in [0.29, 0.717) is 12.8 Å². The van der Waals surface area contributed by atoms with Gasteiger partial charge in [-0.3, -0.25) is 14.5 Å². The number of carbonyl (C=O) groups excluding carboxylic acids is 5. The molecule has 2 N–H and O–H groups in total. The molecule has 0 spiro atoms. The van der Waals surface area contributed by atoms with Gasteiger partial charge >= 0.3 is 24.1 Å². The Morgan fingerprint density at radius 3 is 1.48 bits per heavy atom. The first-order chi connectivity index (χ1) is 14.8. The molecule has 13 heteroatoms. The van der Waals surface area contributed by atoms with Gasteiger partial charge in [-0.15, -0.1) is 0 Å². The summed E-state index contributed by atoms with van der Waals surface area (Å²) >= 11 is 0. The summed E-state index contributed by atoms with van der Waals surface area (Å²) in [4.78, 5) is 58.8. The third kappa shape index (κ3) is 17.7. The van der Waals surface area contributed by atoms with Crippen molar-refractivity contribution in [1.29, 1.82) is 0 Å². The van der Waals surface area contributed by atoms with Gasteiger partial charge in [-0.1, -0.05) is 13.8 Å². The lowest BCUT2D eigenvalue weighted by Crippen LogP contribution is -2.38. The standard InChI is InChI=1S/C18H32BN3O9/c1-3-7-30-17(26)20-11-15(24)28-9-5-22(13-14(19)23)6-10-29-16(25)12-21-18(27)31-8-4-2/h3-13,19H2,1-2H3,(H,20,26)(H,21,27). The fourth-order valence-electron chi connectivity index (χ4n) is 2.04. The zero-order chi connectivity index (χ0) is 23.5. The van der Waals surface area contributed by atoms with Gasteiger partial charge in [0.15, 0.2) is 7.85 Å². The number of nitrogens with one attached hydrogen (secondary N) is 2. The second-order valence-corrected chi connectivity index (χ2v) is 6.40. The van der Waals surface area contributed by atoms with Gasteiger partial charge in [0, 0.05) is 19.6 Å². The third-order valence-corrected chi connectivity index (χ3v) is 3.42. The highest BCUT2D eigenvalue weighted by Gasteiger charge is 2.12. The predicted octanol–water partition coefficient (Wildman–Crippen LogP) is -1.19. The largest absolute Gasteiger partial charge is 0.463 e. The maximum atomic E-state index is 11.6. The molecule has 2 amide bonds. The van der Waals surface area contributed by atoms with Gasteiger partial charge in [0.1, 0.15) is 26.3 Å². The van der Waals surface area contributed by atoms with Crippen LogP contribution in [0, 0.1) is 0 Å². The molecular formula is C18H32BN3O9. The zero-order valence-electron chi connectivity index (χ0n) is 18.4. The third-order valence-electron chi connectivity index (χ3n) is 3.42. The van der Waals surface area contributed by atoms with Gasteiger partial charge in [0.05, 0.1) is 18.9 Å². The molecule has 0 aliphatic carbocycles. The average molecular weight is 445 g/mol. The van der Waals surface area contributed by atoms with E-state index in [2.05, 4.69) is 10.6 Å². The molecule has 0 atom stereocenters. The number of alkyl carbamates (subject to hydrolysis) is 2. The van der Waals surface area contributed by atoms with Crippen molar-refractivity contribution < 1.29 is 42.9 Å². The van der Waals surface area contributed by atoms with E-state index in [1.54, 1.807) is 4.90 Å². The van der Waals surface area contributed by atoms with E-state index in [1.807, 2.05) is 13.8 Å². The molecule has 0 fully saturated rings. The molecular weight excluding hydrogens is 413 g/mol. The fraction of sp³-hybridized carbons (Fsp3) is 0.722. The lowest BCUT2D eigenvalue weighted by molar-refractivity contribution is -0.143.